The Morgan fingerprint density at radius 1 is 1.55 bits per heavy atom. The van der Waals surface area contributed by atoms with Crippen molar-refractivity contribution in [1.82, 2.24) is 4.90 Å². The molecule has 1 fully saturated rings. The molecule has 0 aromatic heterocycles. The van der Waals surface area contributed by atoms with E-state index in [2.05, 4.69) is 6.58 Å². The summed E-state index contributed by atoms with van der Waals surface area (Å²) in [5.74, 6) is 0.565. The standard InChI is InChI=1S/C14H15Cl2NO3/c1-3-9-6-8(7-17(9)14(18)19)12-11(20-2)5-4-10(15)13(12)16/h3-5,8-9H,1,6-7H2,2H3,(H,18,19)/t8-,9+/m0/s1. The van der Waals surface area contributed by atoms with Gasteiger partial charge in [-0.2, -0.15) is 0 Å². The van der Waals surface area contributed by atoms with Gasteiger partial charge in [-0.15, -0.1) is 6.58 Å². The lowest BCUT2D eigenvalue weighted by Crippen LogP contribution is -2.32. The van der Waals surface area contributed by atoms with Crippen LogP contribution in [0.3, 0.4) is 0 Å². The highest BCUT2D eigenvalue weighted by Gasteiger charge is 2.36. The first kappa shape index (κ1) is 15.0. The number of methoxy groups -OCH3 is 1. The fraction of sp³-hybridized carbons (Fsp3) is 0.357. The number of amides is 1. The second-order valence-corrected chi connectivity index (χ2v) is 5.43. The molecule has 0 bridgehead atoms. The Kier molecular flexibility index (Phi) is 4.45. The van der Waals surface area contributed by atoms with Crippen molar-refractivity contribution >= 4 is 29.3 Å². The number of benzene rings is 1. The average molecular weight is 316 g/mol. The molecule has 1 saturated heterocycles. The van der Waals surface area contributed by atoms with Crippen molar-refractivity contribution < 1.29 is 14.6 Å². The second-order valence-electron chi connectivity index (χ2n) is 4.65. The van der Waals surface area contributed by atoms with E-state index < -0.39 is 6.09 Å². The van der Waals surface area contributed by atoms with Crippen LogP contribution in [0.2, 0.25) is 10.0 Å². The molecule has 1 N–H and O–H groups in total. The minimum absolute atomic E-state index is 0.0600. The Morgan fingerprint density at radius 3 is 2.75 bits per heavy atom. The zero-order valence-electron chi connectivity index (χ0n) is 11.0. The second kappa shape index (κ2) is 5.94. The Balaban J connectivity index is 2.40. The Hall–Kier alpha value is -1.39. The summed E-state index contributed by atoms with van der Waals surface area (Å²) in [6, 6.07) is 3.19. The summed E-state index contributed by atoms with van der Waals surface area (Å²) in [5, 5.41) is 10.1. The topological polar surface area (TPSA) is 49.8 Å². The predicted octanol–water partition coefficient (Wildman–Crippen LogP) is 4.02. The van der Waals surface area contributed by atoms with Gasteiger partial charge in [0.25, 0.3) is 0 Å². The third-order valence-corrected chi connectivity index (χ3v) is 4.40. The summed E-state index contributed by atoms with van der Waals surface area (Å²) in [5.41, 5.74) is 0.761. The summed E-state index contributed by atoms with van der Waals surface area (Å²) in [7, 11) is 1.55. The number of nitrogens with zero attached hydrogens (tertiary/aromatic N) is 1. The van der Waals surface area contributed by atoms with E-state index in [0.29, 0.717) is 28.8 Å². The van der Waals surface area contributed by atoms with Gasteiger partial charge in [0.05, 0.1) is 23.2 Å². The van der Waals surface area contributed by atoms with Gasteiger partial charge < -0.3 is 14.7 Å². The van der Waals surface area contributed by atoms with E-state index >= 15 is 0 Å². The molecule has 0 unspecified atom stereocenters. The normalized spacial score (nSPS) is 21.9. The van der Waals surface area contributed by atoms with Gasteiger partial charge in [0, 0.05) is 18.0 Å². The van der Waals surface area contributed by atoms with E-state index in [1.54, 1.807) is 25.3 Å². The SMILES string of the molecule is C=C[C@@H]1C[C@H](c2c(OC)ccc(Cl)c2Cl)CN1C(=O)O. The van der Waals surface area contributed by atoms with Crippen molar-refractivity contribution in [2.75, 3.05) is 13.7 Å². The maximum absolute atomic E-state index is 11.2. The van der Waals surface area contributed by atoms with E-state index in [1.807, 2.05) is 0 Å². The summed E-state index contributed by atoms with van der Waals surface area (Å²) in [6.07, 6.45) is 1.29. The summed E-state index contributed by atoms with van der Waals surface area (Å²) in [6.45, 7) is 4.04. The molecule has 2 atom stereocenters. The highest BCUT2D eigenvalue weighted by molar-refractivity contribution is 6.42. The minimum Gasteiger partial charge on any atom is -0.496 e. The van der Waals surface area contributed by atoms with Crippen LogP contribution in [0.4, 0.5) is 4.79 Å². The Labute approximate surface area is 127 Å². The third-order valence-electron chi connectivity index (χ3n) is 3.58. The molecular formula is C14H15Cl2NO3. The number of ether oxygens (including phenoxy) is 1. The van der Waals surface area contributed by atoms with Gasteiger partial charge in [-0.05, 0) is 18.6 Å². The highest BCUT2D eigenvalue weighted by atomic mass is 35.5. The van der Waals surface area contributed by atoms with Gasteiger partial charge in [0.15, 0.2) is 0 Å². The van der Waals surface area contributed by atoms with Crippen LogP contribution in [0.15, 0.2) is 24.8 Å². The molecule has 20 heavy (non-hydrogen) atoms. The Morgan fingerprint density at radius 2 is 2.25 bits per heavy atom. The first-order valence-electron chi connectivity index (χ1n) is 6.13. The van der Waals surface area contributed by atoms with Crippen molar-refractivity contribution in [3.8, 4) is 5.75 Å². The van der Waals surface area contributed by atoms with E-state index in [0.717, 1.165) is 5.56 Å². The number of rotatable bonds is 3. The van der Waals surface area contributed by atoms with Crippen LogP contribution >= 0.6 is 23.2 Å². The number of carboxylic acid groups (broad SMARTS) is 1. The van der Waals surface area contributed by atoms with Crippen molar-refractivity contribution in [2.24, 2.45) is 0 Å². The zero-order valence-corrected chi connectivity index (χ0v) is 12.5. The van der Waals surface area contributed by atoms with Crippen LogP contribution in [0, 0.1) is 0 Å². The van der Waals surface area contributed by atoms with E-state index in [-0.39, 0.29) is 12.0 Å². The zero-order chi connectivity index (χ0) is 14.9. The lowest BCUT2D eigenvalue weighted by atomic mass is 9.95. The molecule has 2 rings (SSSR count). The number of carbonyl (C=O) groups is 1. The quantitative estimate of drug-likeness (QED) is 0.857. The first-order chi connectivity index (χ1) is 9.49. The molecule has 6 heteroatoms. The van der Waals surface area contributed by atoms with Crippen LogP contribution in [0.5, 0.6) is 5.75 Å². The molecule has 0 aliphatic carbocycles. The molecule has 1 aromatic carbocycles. The van der Waals surface area contributed by atoms with E-state index in [1.165, 1.54) is 4.90 Å². The van der Waals surface area contributed by atoms with Gasteiger partial charge in [-0.1, -0.05) is 29.3 Å². The van der Waals surface area contributed by atoms with Gasteiger partial charge >= 0.3 is 6.09 Å². The minimum atomic E-state index is -0.963. The molecular weight excluding hydrogens is 301 g/mol. The van der Waals surface area contributed by atoms with Crippen LogP contribution in [0.25, 0.3) is 0 Å². The molecule has 0 radical (unpaired) electrons. The third kappa shape index (κ3) is 2.58. The summed E-state index contributed by atoms with van der Waals surface area (Å²) < 4.78 is 5.32. The molecule has 1 aliphatic heterocycles. The maximum Gasteiger partial charge on any atom is 0.407 e. The van der Waals surface area contributed by atoms with Crippen LogP contribution < -0.4 is 4.74 Å². The monoisotopic (exact) mass is 315 g/mol. The summed E-state index contributed by atoms with van der Waals surface area (Å²) in [4.78, 5) is 12.6. The number of halogens is 2. The van der Waals surface area contributed by atoms with Crippen molar-refractivity contribution in [3.63, 3.8) is 0 Å². The van der Waals surface area contributed by atoms with Crippen molar-refractivity contribution in [2.45, 2.75) is 18.4 Å². The highest BCUT2D eigenvalue weighted by Crippen LogP contribution is 2.43. The van der Waals surface area contributed by atoms with Gasteiger partial charge in [0.1, 0.15) is 5.75 Å². The smallest absolute Gasteiger partial charge is 0.407 e. The molecule has 1 amide bonds. The Bertz CT molecular complexity index is 547. The van der Waals surface area contributed by atoms with Gasteiger partial charge in [0.2, 0.25) is 0 Å². The van der Waals surface area contributed by atoms with E-state index in [4.69, 9.17) is 27.9 Å². The average Bonchev–Trinajstić information content (AvgIpc) is 2.85. The lowest BCUT2D eigenvalue weighted by Gasteiger charge is -2.18. The molecule has 0 saturated carbocycles. The molecule has 108 valence electrons. The van der Waals surface area contributed by atoms with Gasteiger partial charge in [-0.3, -0.25) is 0 Å². The van der Waals surface area contributed by atoms with Crippen molar-refractivity contribution in [1.29, 1.82) is 0 Å². The van der Waals surface area contributed by atoms with Gasteiger partial charge in [-0.25, -0.2) is 4.79 Å². The number of hydrogen-bond acceptors (Lipinski definition) is 2. The van der Waals surface area contributed by atoms with Crippen LogP contribution in [-0.4, -0.2) is 35.8 Å². The fourth-order valence-electron chi connectivity index (χ4n) is 2.63. The number of likely N-dealkylation sites (tertiary alicyclic amines) is 1. The fourth-order valence-corrected chi connectivity index (χ4v) is 3.10. The maximum atomic E-state index is 11.2. The van der Waals surface area contributed by atoms with Crippen LogP contribution in [-0.2, 0) is 0 Å². The molecule has 0 spiro atoms. The summed E-state index contributed by atoms with van der Waals surface area (Å²) >= 11 is 12.3. The first-order valence-corrected chi connectivity index (χ1v) is 6.89. The largest absolute Gasteiger partial charge is 0.496 e. The molecule has 1 aliphatic rings. The number of hydrogen-bond donors (Lipinski definition) is 1. The molecule has 1 aromatic rings. The van der Waals surface area contributed by atoms with Crippen LogP contribution in [0.1, 0.15) is 17.9 Å². The molecule has 4 nitrogen and oxygen atoms in total. The lowest BCUT2D eigenvalue weighted by molar-refractivity contribution is 0.147. The van der Waals surface area contributed by atoms with Crippen molar-refractivity contribution in [3.05, 3.63) is 40.4 Å². The van der Waals surface area contributed by atoms with E-state index in [9.17, 15) is 9.90 Å². The predicted molar refractivity (Wildman–Crippen MR) is 79.1 cm³/mol. The molecule has 1 heterocycles.